The number of rotatable bonds is 7. The third-order valence-electron chi connectivity index (χ3n) is 5.91. The quantitative estimate of drug-likeness (QED) is 0.575. The van der Waals surface area contributed by atoms with Crippen LogP contribution in [-0.4, -0.2) is 58.0 Å². The summed E-state index contributed by atoms with van der Waals surface area (Å²) in [7, 11) is 0. The monoisotopic (exact) mass is 463 g/mol. The summed E-state index contributed by atoms with van der Waals surface area (Å²) in [6.07, 6.45) is 1.93. The van der Waals surface area contributed by atoms with Crippen molar-refractivity contribution in [3.63, 3.8) is 0 Å². The first-order valence-electron chi connectivity index (χ1n) is 11.4. The lowest BCUT2D eigenvalue weighted by molar-refractivity contribution is 0.0628. The van der Waals surface area contributed by atoms with Gasteiger partial charge in [-0.15, -0.1) is 10.2 Å². The fourth-order valence-electron chi connectivity index (χ4n) is 3.78. The zero-order valence-corrected chi connectivity index (χ0v) is 19.9. The van der Waals surface area contributed by atoms with Crippen molar-refractivity contribution in [2.24, 2.45) is 0 Å². The number of piperazine rings is 1. The molecule has 0 saturated carbocycles. The second kappa shape index (κ2) is 10.7. The minimum absolute atomic E-state index is 0.0825. The lowest BCUT2D eigenvalue weighted by Crippen LogP contribution is -2.48. The van der Waals surface area contributed by atoms with Crippen LogP contribution in [0.15, 0.2) is 48.5 Å². The molecule has 1 aliphatic heterocycles. The second-order valence-corrected chi connectivity index (χ2v) is 9.19. The summed E-state index contributed by atoms with van der Waals surface area (Å²) in [5.41, 5.74) is 3.95. The molecule has 1 aromatic heterocycles. The number of aryl methyl sites for hydroxylation is 2. The van der Waals surface area contributed by atoms with E-state index in [0.29, 0.717) is 24.6 Å². The van der Waals surface area contributed by atoms with Crippen molar-refractivity contribution in [3.05, 3.63) is 75.2 Å². The van der Waals surface area contributed by atoms with Gasteiger partial charge in [-0.05, 0) is 48.2 Å². The predicted molar refractivity (Wildman–Crippen MR) is 131 cm³/mol. The number of carbonyl (C=O) groups is 2. The highest BCUT2D eigenvalue weighted by atomic mass is 32.1. The van der Waals surface area contributed by atoms with E-state index in [1.54, 1.807) is 0 Å². The van der Waals surface area contributed by atoms with E-state index in [-0.39, 0.29) is 11.8 Å². The summed E-state index contributed by atoms with van der Waals surface area (Å²) >= 11 is 1.31. The van der Waals surface area contributed by atoms with E-state index < -0.39 is 0 Å². The van der Waals surface area contributed by atoms with Crippen LogP contribution in [0.3, 0.4) is 0 Å². The molecule has 3 aromatic rings. The predicted octanol–water partition coefficient (Wildman–Crippen LogP) is 3.87. The number of carbonyl (C=O) groups excluding carboxylic acids is 2. The number of hydrogen-bond acceptors (Lipinski definition) is 6. The molecule has 1 N–H and O–H groups in total. The van der Waals surface area contributed by atoms with Crippen LogP contribution in [0.2, 0.25) is 0 Å². The number of nitrogens with one attached hydrogen (secondary N) is 1. The van der Waals surface area contributed by atoms with Crippen LogP contribution < -0.4 is 5.32 Å². The van der Waals surface area contributed by atoms with Gasteiger partial charge in [0.25, 0.3) is 11.8 Å². The van der Waals surface area contributed by atoms with Gasteiger partial charge in [-0.3, -0.25) is 14.5 Å². The highest BCUT2D eigenvalue weighted by molar-refractivity contribution is 7.13. The first-order valence-corrected chi connectivity index (χ1v) is 12.2. The second-order valence-electron chi connectivity index (χ2n) is 8.12. The van der Waals surface area contributed by atoms with E-state index in [4.69, 9.17) is 0 Å². The van der Waals surface area contributed by atoms with Crippen LogP contribution in [0.5, 0.6) is 0 Å². The molecule has 0 aliphatic carbocycles. The molecule has 2 heterocycles. The Morgan fingerprint density at radius 1 is 0.879 bits per heavy atom. The highest BCUT2D eigenvalue weighted by Crippen LogP contribution is 2.17. The van der Waals surface area contributed by atoms with Crippen molar-refractivity contribution < 1.29 is 9.59 Å². The van der Waals surface area contributed by atoms with Crippen molar-refractivity contribution in [3.8, 4) is 0 Å². The van der Waals surface area contributed by atoms with E-state index in [0.717, 1.165) is 42.2 Å². The van der Waals surface area contributed by atoms with Crippen molar-refractivity contribution in [1.29, 1.82) is 0 Å². The molecule has 33 heavy (non-hydrogen) atoms. The van der Waals surface area contributed by atoms with E-state index in [2.05, 4.69) is 34.3 Å². The molecule has 4 rings (SSSR count). The van der Waals surface area contributed by atoms with E-state index in [1.165, 1.54) is 22.5 Å². The van der Waals surface area contributed by atoms with Gasteiger partial charge < -0.3 is 10.2 Å². The van der Waals surface area contributed by atoms with Gasteiger partial charge in [-0.25, -0.2) is 0 Å². The summed E-state index contributed by atoms with van der Waals surface area (Å²) in [5, 5.41) is 12.3. The summed E-state index contributed by atoms with van der Waals surface area (Å²) in [5.74, 6) is -0.161. The Hall–Kier alpha value is -3.10. The van der Waals surface area contributed by atoms with Gasteiger partial charge in [0.2, 0.25) is 5.01 Å². The molecule has 2 amide bonds. The maximum absolute atomic E-state index is 12.8. The lowest BCUT2D eigenvalue weighted by atomic mass is 10.1. The molecular weight excluding hydrogens is 434 g/mol. The Balaban J connectivity index is 1.27. The molecule has 8 heteroatoms. The number of aromatic nitrogens is 2. The van der Waals surface area contributed by atoms with Crippen molar-refractivity contribution in [2.75, 3.05) is 31.5 Å². The maximum atomic E-state index is 12.8. The smallest absolute Gasteiger partial charge is 0.286 e. The molecule has 1 fully saturated rings. The van der Waals surface area contributed by atoms with Gasteiger partial charge in [-0.2, -0.15) is 0 Å². The first kappa shape index (κ1) is 23.1. The third kappa shape index (κ3) is 5.83. The van der Waals surface area contributed by atoms with Crippen LogP contribution >= 0.6 is 11.3 Å². The Bertz CT molecular complexity index is 1090. The Morgan fingerprint density at radius 2 is 1.48 bits per heavy atom. The molecule has 0 bridgehead atoms. The molecule has 2 aromatic carbocycles. The van der Waals surface area contributed by atoms with Gasteiger partial charge in [-0.1, -0.05) is 49.4 Å². The van der Waals surface area contributed by atoms with Crippen LogP contribution in [0, 0.1) is 0 Å². The average Bonchev–Trinajstić information content (AvgIpc) is 3.33. The SMILES string of the molecule is CCc1ccc(NC(=O)c2nnc(CN3CCN(C(=O)c4ccc(CC)cc4)CC3)s2)cc1. The fourth-order valence-corrected chi connectivity index (χ4v) is 4.56. The van der Waals surface area contributed by atoms with Gasteiger partial charge in [0, 0.05) is 37.4 Å². The van der Waals surface area contributed by atoms with Crippen molar-refractivity contribution >= 4 is 28.8 Å². The first-order chi connectivity index (χ1) is 16.1. The van der Waals surface area contributed by atoms with E-state index in [9.17, 15) is 9.59 Å². The summed E-state index contributed by atoms with van der Waals surface area (Å²) < 4.78 is 0. The van der Waals surface area contributed by atoms with E-state index >= 15 is 0 Å². The third-order valence-corrected chi connectivity index (χ3v) is 6.82. The van der Waals surface area contributed by atoms with Crippen molar-refractivity contribution in [2.45, 2.75) is 33.2 Å². The number of benzene rings is 2. The maximum Gasteiger partial charge on any atom is 0.286 e. The molecule has 1 aliphatic rings. The average molecular weight is 464 g/mol. The van der Waals surface area contributed by atoms with Crippen LogP contribution in [0.25, 0.3) is 0 Å². The Morgan fingerprint density at radius 3 is 2.09 bits per heavy atom. The molecule has 7 nitrogen and oxygen atoms in total. The number of hydrogen-bond donors (Lipinski definition) is 1. The Kier molecular flexibility index (Phi) is 7.47. The lowest BCUT2D eigenvalue weighted by Gasteiger charge is -2.34. The minimum Gasteiger partial charge on any atom is -0.336 e. The largest absolute Gasteiger partial charge is 0.336 e. The van der Waals surface area contributed by atoms with Gasteiger partial charge in [0.15, 0.2) is 0 Å². The topological polar surface area (TPSA) is 78.4 Å². The van der Waals surface area contributed by atoms with E-state index in [1.807, 2.05) is 53.4 Å². The van der Waals surface area contributed by atoms with Crippen LogP contribution in [0.1, 0.15) is 50.1 Å². The molecule has 0 radical (unpaired) electrons. The number of anilines is 1. The Labute approximate surface area is 198 Å². The molecular formula is C25H29N5O2S. The fraction of sp³-hybridized carbons (Fsp3) is 0.360. The summed E-state index contributed by atoms with van der Waals surface area (Å²) in [6.45, 7) is 7.72. The molecule has 172 valence electrons. The zero-order valence-electron chi connectivity index (χ0n) is 19.1. The number of amides is 2. The molecule has 1 saturated heterocycles. The molecule has 0 spiro atoms. The normalized spacial score (nSPS) is 14.3. The highest BCUT2D eigenvalue weighted by Gasteiger charge is 2.23. The number of nitrogens with zero attached hydrogens (tertiary/aromatic N) is 4. The molecule has 0 unspecified atom stereocenters. The minimum atomic E-state index is -0.243. The molecule has 0 atom stereocenters. The van der Waals surface area contributed by atoms with Gasteiger partial charge >= 0.3 is 0 Å². The van der Waals surface area contributed by atoms with Crippen molar-refractivity contribution in [1.82, 2.24) is 20.0 Å². The standard InChI is InChI=1S/C25H29N5O2S/c1-3-18-5-9-20(10-6-18)25(32)30-15-13-29(14-16-30)17-22-27-28-24(33-22)23(31)26-21-11-7-19(4-2)8-12-21/h5-12H,3-4,13-17H2,1-2H3,(H,26,31). The summed E-state index contributed by atoms with van der Waals surface area (Å²) in [6, 6.07) is 15.7. The van der Waals surface area contributed by atoms with Crippen LogP contribution in [-0.2, 0) is 19.4 Å². The van der Waals surface area contributed by atoms with Gasteiger partial charge in [0.05, 0.1) is 6.54 Å². The van der Waals surface area contributed by atoms with Crippen LogP contribution in [0.4, 0.5) is 5.69 Å². The van der Waals surface area contributed by atoms with Gasteiger partial charge in [0.1, 0.15) is 5.01 Å². The summed E-state index contributed by atoms with van der Waals surface area (Å²) in [4.78, 5) is 29.4. The zero-order chi connectivity index (χ0) is 23.2.